The summed E-state index contributed by atoms with van der Waals surface area (Å²) >= 11 is 6.17. The summed E-state index contributed by atoms with van der Waals surface area (Å²) in [5.41, 5.74) is 3.41. The van der Waals surface area contributed by atoms with Gasteiger partial charge in [0.15, 0.2) is 0 Å². The minimum absolute atomic E-state index is 0.774. The number of hydrogen-bond acceptors (Lipinski definition) is 5. The highest BCUT2D eigenvalue weighted by atomic mass is 35.5. The van der Waals surface area contributed by atoms with Gasteiger partial charge in [-0.1, -0.05) is 41.0 Å². The van der Waals surface area contributed by atoms with E-state index in [1.54, 1.807) is 4.68 Å². The van der Waals surface area contributed by atoms with E-state index in [1.807, 2.05) is 42.5 Å². The highest BCUT2D eigenvalue weighted by Crippen LogP contribution is 2.26. The Balaban J connectivity index is 1.52. The van der Waals surface area contributed by atoms with Crippen molar-refractivity contribution in [2.75, 3.05) is 36.0 Å². The molecule has 1 aliphatic rings. The first-order valence-electron chi connectivity index (χ1n) is 8.32. The number of nitrogens with zero attached hydrogens (tertiary/aromatic N) is 6. The molecule has 0 radical (unpaired) electrons. The van der Waals surface area contributed by atoms with Crippen LogP contribution in [0.3, 0.4) is 0 Å². The van der Waals surface area contributed by atoms with Gasteiger partial charge < -0.3 is 9.80 Å². The summed E-state index contributed by atoms with van der Waals surface area (Å²) in [5.74, 6) is 0.786. The number of halogens is 1. The van der Waals surface area contributed by atoms with Gasteiger partial charge in [-0.25, -0.2) is 0 Å². The van der Waals surface area contributed by atoms with Crippen LogP contribution in [0.2, 0.25) is 5.02 Å². The third-order valence-electron chi connectivity index (χ3n) is 4.53. The molecule has 0 spiro atoms. The van der Waals surface area contributed by atoms with E-state index in [1.165, 1.54) is 11.3 Å². The highest BCUT2D eigenvalue weighted by molar-refractivity contribution is 6.30. The Hall–Kier alpha value is -2.60. The Kier molecular flexibility index (Phi) is 4.28. The van der Waals surface area contributed by atoms with Gasteiger partial charge >= 0.3 is 0 Å². The maximum Gasteiger partial charge on any atom is 0.250 e. The molecule has 128 valence electrons. The number of anilines is 2. The second-order valence-electron chi connectivity index (χ2n) is 6.13. The summed E-state index contributed by atoms with van der Waals surface area (Å²) in [6, 6.07) is 16.0. The van der Waals surface area contributed by atoms with Crippen LogP contribution < -0.4 is 9.80 Å². The average Bonchev–Trinajstić information content (AvgIpc) is 3.14. The molecule has 3 aromatic rings. The molecule has 0 unspecified atom stereocenters. The molecule has 2 aromatic carbocycles. The first kappa shape index (κ1) is 15.9. The van der Waals surface area contributed by atoms with Crippen LogP contribution >= 0.6 is 11.6 Å². The van der Waals surface area contributed by atoms with Gasteiger partial charge in [0.05, 0.1) is 5.69 Å². The summed E-state index contributed by atoms with van der Waals surface area (Å²) in [6.45, 7) is 5.65. The van der Waals surface area contributed by atoms with Crippen LogP contribution in [0.5, 0.6) is 0 Å². The Bertz CT molecular complexity index is 855. The molecule has 6 nitrogen and oxygen atoms in total. The SMILES string of the molecule is Cc1ccc(Cl)cc1N1CCN(c2nnnn2-c2ccccc2)CC1. The normalized spacial score (nSPS) is 14.8. The first-order chi connectivity index (χ1) is 12.2. The van der Waals surface area contributed by atoms with Crippen LogP contribution in [0.1, 0.15) is 5.56 Å². The fraction of sp³-hybridized carbons (Fsp3) is 0.278. The second kappa shape index (κ2) is 6.72. The van der Waals surface area contributed by atoms with Crippen molar-refractivity contribution in [2.45, 2.75) is 6.92 Å². The van der Waals surface area contributed by atoms with Crippen molar-refractivity contribution in [3.05, 3.63) is 59.1 Å². The summed E-state index contributed by atoms with van der Waals surface area (Å²) < 4.78 is 1.79. The molecule has 0 atom stereocenters. The predicted octanol–water partition coefficient (Wildman–Crippen LogP) is 2.95. The number of tetrazole rings is 1. The van der Waals surface area contributed by atoms with E-state index >= 15 is 0 Å². The van der Waals surface area contributed by atoms with Crippen molar-refractivity contribution in [3.63, 3.8) is 0 Å². The molecule has 1 aliphatic heterocycles. The monoisotopic (exact) mass is 354 g/mol. The van der Waals surface area contributed by atoms with E-state index in [0.29, 0.717) is 0 Å². The topological polar surface area (TPSA) is 50.1 Å². The molecule has 0 aliphatic carbocycles. The molecule has 1 aromatic heterocycles. The van der Waals surface area contributed by atoms with E-state index in [-0.39, 0.29) is 0 Å². The summed E-state index contributed by atoms with van der Waals surface area (Å²) in [7, 11) is 0. The van der Waals surface area contributed by atoms with Crippen molar-refractivity contribution in [1.29, 1.82) is 0 Å². The lowest BCUT2D eigenvalue weighted by atomic mass is 10.1. The smallest absolute Gasteiger partial charge is 0.250 e. The molecular weight excluding hydrogens is 336 g/mol. The molecule has 2 heterocycles. The zero-order valence-corrected chi connectivity index (χ0v) is 14.8. The van der Waals surface area contributed by atoms with Gasteiger partial charge in [-0.05, 0) is 47.2 Å². The lowest BCUT2D eigenvalue weighted by Crippen LogP contribution is -2.47. The Labute approximate surface area is 151 Å². The van der Waals surface area contributed by atoms with Gasteiger partial charge in [0.1, 0.15) is 0 Å². The Morgan fingerprint density at radius 3 is 2.40 bits per heavy atom. The summed E-state index contributed by atoms with van der Waals surface area (Å²) in [6.07, 6.45) is 0. The average molecular weight is 355 g/mol. The van der Waals surface area contributed by atoms with Gasteiger partial charge in [0.25, 0.3) is 0 Å². The zero-order valence-electron chi connectivity index (χ0n) is 14.0. The van der Waals surface area contributed by atoms with Crippen LogP contribution in [0.15, 0.2) is 48.5 Å². The van der Waals surface area contributed by atoms with Gasteiger partial charge in [0.2, 0.25) is 5.95 Å². The van der Waals surface area contributed by atoms with Crippen molar-refractivity contribution in [3.8, 4) is 5.69 Å². The van der Waals surface area contributed by atoms with Crippen LogP contribution in [0.4, 0.5) is 11.6 Å². The van der Waals surface area contributed by atoms with Gasteiger partial charge in [-0.2, -0.15) is 4.68 Å². The molecule has 0 bridgehead atoms. The maximum atomic E-state index is 6.17. The van der Waals surface area contributed by atoms with Crippen molar-refractivity contribution < 1.29 is 0 Å². The highest BCUT2D eigenvalue weighted by Gasteiger charge is 2.23. The molecule has 25 heavy (non-hydrogen) atoms. The number of aromatic nitrogens is 4. The number of aryl methyl sites for hydroxylation is 1. The van der Waals surface area contributed by atoms with Crippen LogP contribution in [0, 0.1) is 6.92 Å². The molecule has 1 fully saturated rings. The molecule has 1 saturated heterocycles. The summed E-state index contributed by atoms with van der Waals surface area (Å²) in [5, 5.41) is 13.0. The lowest BCUT2D eigenvalue weighted by Gasteiger charge is -2.36. The number of benzene rings is 2. The first-order valence-corrected chi connectivity index (χ1v) is 8.70. The molecule has 0 saturated carbocycles. The standard InChI is InChI=1S/C18H19ClN6/c1-14-7-8-15(19)13-17(14)23-9-11-24(12-10-23)18-20-21-22-25(18)16-5-3-2-4-6-16/h2-8,13H,9-12H2,1H3. The third-order valence-corrected chi connectivity index (χ3v) is 4.76. The Morgan fingerprint density at radius 1 is 0.920 bits per heavy atom. The third kappa shape index (κ3) is 3.17. The Morgan fingerprint density at radius 2 is 1.64 bits per heavy atom. The fourth-order valence-corrected chi connectivity index (χ4v) is 3.35. The van der Waals surface area contributed by atoms with E-state index in [4.69, 9.17) is 11.6 Å². The fourth-order valence-electron chi connectivity index (χ4n) is 3.19. The van der Waals surface area contributed by atoms with Gasteiger partial charge in [-0.15, -0.1) is 0 Å². The minimum Gasteiger partial charge on any atom is -0.368 e. The molecule has 7 heteroatoms. The molecular formula is C18H19ClN6. The zero-order chi connectivity index (χ0) is 17.2. The predicted molar refractivity (Wildman–Crippen MR) is 99.8 cm³/mol. The van der Waals surface area contributed by atoms with Crippen molar-refractivity contribution >= 4 is 23.2 Å². The largest absolute Gasteiger partial charge is 0.368 e. The van der Waals surface area contributed by atoms with Crippen molar-refractivity contribution in [2.24, 2.45) is 0 Å². The minimum atomic E-state index is 0.774. The molecule has 4 rings (SSSR count). The van der Waals surface area contributed by atoms with Crippen molar-refractivity contribution in [1.82, 2.24) is 20.2 Å². The van der Waals surface area contributed by atoms with E-state index in [2.05, 4.69) is 38.3 Å². The summed E-state index contributed by atoms with van der Waals surface area (Å²) in [4.78, 5) is 4.59. The van der Waals surface area contributed by atoms with E-state index in [9.17, 15) is 0 Å². The lowest BCUT2D eigenvalue weighted by molar-refractivity contribution is 0.630. The molecule has 0 amide bonds. The van der Waals surface area contributed by atoms with Gasteiger partial charge in [-0.3, -0.25) is 0 Å². The van der Waals surface area contributed by atoms with Gasteiger partial charge in [0, 0.05) is 36.9 Å². The quantitative estimate of drug-likeness (QED) is 0.723. The number of para-hydroxylation sites is 1. The van der Waals surface area contributed by atoms with E-state index in [0.717, 1.165) is 42.8 Å². The number of piperazine rings is 1. The number of rotatable bonds is 3. The maximum absolute atomic E-state index is 6.17. The molecule has 0 N–H and O–H groups in total. The second-order valence-corrected chi connectivity index (χ2v) is 6.57. The van der Waals surface area contributed by atoms with Crippen LogP contribution in [-0.4, -0.2) is 46.4 Å². The van der Waals surface area contributed by atoms with E-state index < -0.39 is 0 Å². The van der Waals surface area contributed by atoms with Crippen LogP contribution in [-0.2, 0) is 0 Å². The van der Waals surface area contributed by atoms with Crippen LogP contribution in [0.25, 0.3) is 5.69 Å². The number of hydrogen-bond donors (Lipinski definition) is 0.